The number of anilines is 1. The highest BCUT2D eigenvalue weighted by atomic mass is 79.9. The normalized spacial score (nSPS) is 11.7. The Hall–Kier alpha value is -3.65. The van der Waals surface area contributed by atoms with Crippen LogP contribution < -0.4 is 20.1 Å². The third kappa shape index (κ3) is 9.18. The summed E-state index contributed by atoms with van der Waals surface area (Å²) in [7, 11) is 1.65. The number of hydrogen-bond acceptors (Lipinski definition) is 6. The number of unbranched alkanes of at least 4 members (excludes halogenated alkanes) is 4. The van der Waals surface area contributed by atoms with Crippen LogP contribution >= 0.6 is 15.9 Å². The zero-order chi connectivity index (χ0) is 29.0. The van der Waals surface area contributed by atoms with Crippen molar-refractivity contribution in [3.05, 3.63) is 88.2 Å². The Balaban J connectivity index is 1.24. The van der Waals surface area contributed by atoms with E-state index in [1.165, 1.54) is 0 Å². The van der Waals surface area contributed by atoms with Gasteiger partial charge in [-0.05, 0) is 56.0 Å². The molecular formula is C33H39BrN4O3. The number of benzene rings is 3. The van der Waals surface area contributed by atoms with Crippen molar-refractivity contribution in [3.8, 4) is 11.5 Å². The topological polar surface area (TPSA) is 85.4 Å². The number of fused-ring (bicyclic) bond motifs is 1. The van der Waals surface area contributed by atoms with E-state index in [4.69, 9.17) is 9.47 Å². The number of aromatic nitrogens is 2. The van der Waals surface area contributed by atoms with E-state index in [1.807, 2.05) is 61.5 Å². The molecular weight excluding hydrogens is 580 g/mol. The molecule has 0 fully saturated rings. The van der Waals surface area contributed by atoms with Gasteiger partial charge < -0.3 is 20.1 Å². The maximum atomic E-state index is 12.1. The van der Waals surface area contributed by atoms with Crippen LogP contribution in [0.3, 0.4) is 0 Å². The lowest BCUT2D eigenvalue weighted by Gasteiger charge is -2.18. The highest BCUT2D eigenvalue weighted by Gasteiger charge is 2.15. The lowest BCUT2D eigenvalue weighted by Crippen LogP contribution is -2.26. The molecule has 0 saturated heterocycles. The van der Waals surface area contributed by atoms with Crippen molar-refractivity contribution < 1.29 is 14.3 Å². The summed E-state index contributed by atoms with van der Waals surface area (Å²) >= 11 is 3.55. The summed E-state index contributed by atoms with van der Waals surface area (Å²) < 4.78 is 12.8. The van der Waals surface area contributed by atoms with Crippen molar-refractivity contribution in [2.45, 2.75) is 58.4 Å². The maximum absolute atomic E-state index is 12.1. The van der Waals surface area contributed by atoms with Crippen molar-refractivity contribution in [2.24, 2.45) is 0 Å². The summed E-state index contributed by atoms with van der Waals surface area (Å²) in [5, 5.41) is 7.45. The molecule has 0 unspecified atom stereocenters. The van der Waals surface area contributed by atoms with Gasteiger partial charge in [0.15, 0.2) is 11.5 Å². The standard InChI is InChI=1S/C33H39BrN4O3/c1-23(26-15-12-16-27(34)20-26)36-33-28-21-30(40-3)31(22-29(28)37-24(2)38-33)41-18-11-6-4-5-10-17-35-32(39)19-25-13-8-7-9-14-25/h7-9,12-16,20-23H,4-6,10-11,17-19H2,1-3H3,(H,35,39)(H,36,37,38)/t23-/m1/s1. The number of rotatable bonds is 15. The fraction of sp³-hybridized carbons (Fsp3) is 0.364. The minimum Gasteiger partial charge on any atom is -0.493 e. The molecule has 4 rings (SSSR count). The second-order valence-corrected chi connectivity index (χ2v) is 11.1. The van der Waals surface area contributed by atoms with Crippen LogP contribution in [0, 0.1) is 6.92 Å². The Morgan fingerprint density at radius 3 is 2.49 bits per heavy atom. The Morgan fingerprint density at radius 2 is 1.71 bits per heavy atom. The number of methoxy groups -OCH3 is 1. The van der Waals surface area contributed by atoms with Crippen LogP contribution in [0.5, 0.6) is 11.5 Å². The van der Waals surface area contributed by atoms with Gasteiger partial charge in [0.05, 0.1) is 31.7 Å². The van der Waals surface area contributed by atoms with Gasteiger partial charge in [0.2, 0.25) is 5.91 Å². The average molecular weight is 620 g/mol. The van der Waals surface area contributed by atoms with Gasteiger partial charge in [0, 0.05) is 22.5 Å². The van der Waals surface area contributed by atoms with Crippen LogP contribution in [0.1, 0.15) is 62.0 Å². The van der Waals surface area contributed by atoms with E-state index < -0.39 is 0 Å². The zero-order valence-corrected chi connectivity index (χ0v) is 25.7. The van der Waals surface area contributed by atoms with Crippen LogP contribution in [0.2, 0.25) is 0 Å². The third-order valence-electron chi connectivity index (χ3n) is 6.90. The van der Waals surface area contributed by atoms with Crippen LogP contribution in [-0.2, 0) is 11.2 Å². The molecule has 1 aromatic heterocycles. The Bertz CT molecular complexity index is 1430. The molecule has 3 aromatic carbocycles. The number of ether oxygens (including phenoxy) is 2. The highest BCUT2D eigenvalue weighted by Crippen LogP contribution is 2.35. The first-order valence-electron chi connectivity index (χ1n) is 14.2. The molecule has 1 atom stereocenters. The Kier molecular flexibility index (Phi) is 11.4. The van der Waals surface area contributed by atoms with Gasteiger partial charge >= 0.3 is 0 Å². The van der Waals surface area contributed by atoms with Gasteiger partial charge in [-0.3, -0.25) is 4.79 Å². The molecule has 216 valence electrons. The summed E-state index contributed by atoms with van der Waals surface area (Å²) in [5.74, 6) is 2.88. The van der Waals surface area contributed by atoms with Crippen molar-refractivity contribution >= 4 is 38.6 Å². The van der Waals surface area contributed by atoms with Crippen LogP contribution in [0.25, 0.3) is 10.9 Å². The number of amides is 1. The molecule has 8 heteroatoms. The molecule has 2 N–H and O–H groups in total. The van der Waals surface area contributed by atoms with Crippen molar-refractivity contribution in [1.82, 2.24) is 15.3 Å². The SMILES string of the molecule is COc1cc2c(N[C@H](C)c3cccc(Br)c3)nc(C)nc2cc1OCCCCCCCNC(=O)Cc1ccccc1. The molecule has 0 radical (unpaired) electrons. The van der Waals surface area contributed by atoms with Gasteiger partial charge in [0.1, 0.15) is 11.6 Å². The molecule has 7 nitrogen and oxygen atoms in total. The van der Waals surface area contributed by atoms with Crippen molar-refractivity contribution in [2.75, 3.05) is 25.6 Å². The first-order chi connectivity index (χ1) is 19.9. The zero-order valence-electron chi connectivity index (χ0n) is 24.1. The van der Waals surface area contributed by atoms with Gasteiger partial charge in [-0.1, -0.05) is 77.7 Å². The minimum atomic E-state index is 0.0532. The number of carbonyl (C=O) groups excluding carboxylic acids is 1. The Labute approximate surface area is 251 Å². The lowest BCUT2D eigenvalue weighted by molar-refractivity contribution is -0.120. The van der Waals surface area contributed by atoms with E-state index >= 15 is 0 Å². The number of nitrogens with one attached hydrogen (secondary N) is 2. The summed E-state index contributed by atoms with van der Waals surface area (Å²) in [4.78, 5) is 21.4. The second kappa shape index (κ2) is 15.4. The third-order valence-corrected chi connectivity index (χ3v) is 7.40. The largest absolute Gasteiger partial charge is 0.493 e. The second-order valence-electron chi connectivity index (χ2n) is 10.2. The minimum absolute atomic E-state index is 0.0532. The summed E-state index contributed by atoms with van der Waals surface area (Å²) in [6.45, 7) is 5.33. The molecule has 0 aliphatic rings. The van der Waals surface area contributed by atoms with E-state index in [-0.39, 0.29) is 11.9 Å². The van der Waals surface area contributed by atoms with Gasteiger partial charge in [-0.25, -0.2) is 9.97 Å². The maximum Gasteiger partial charge on any atom is 0.224 e. The fourth-order valence-corrected chi connectivity index (χ4v) is 5.13. The molecule has 41 heavy (non-hydrogen) atoms. The first-order valence-corrected chi connectivity index (χ1v) is 15.0. The number of carbonyl (C=O) groups is 1. The highest BCUT2D eigenvalue weighted by molar-refractivity contribution is 9.10. The van der Waals surface area contributed by atoms with Gasteiger partial charge in [-0.15, -0.1) is 0 Å². The van der Waals surface area contributed by atoms with Gasteiger partial charge in [0.25, 0.3) is 0 Å². The molecule has 0 aliphatic carbocycles. The summed E-state index contributed by atoms with van der Waals surface area (Å²) in [6.07, 6.45) is 5.61. The summed E-state index contributed by atoms with van der Waals surface area (Å²) in [6, 6.07) is 22.0. The van der Waals surface area contributed by atoms with E-state index in [2.05, 4.69) is 55.6 Å². The molecule has 0 bridgehead atoms. The monoisotopic (exact) mass is 618 g/mol. The van der Waals surface area contributed by atoms with E-state index in [1.54, 1.807) is 7.11 Å². The lowest BCUT2D eigenvalue weighted by atomic mass is 10.1. The molecule has 0 saturated carbocycles. The predicted octanol–water partition coefficient (Wildman–Crippen LogP) is 7.57. The van der Waals surface area contributed by atoms with E-state index in [0.717, 1.165) is 71.0 Å². The first kappa shape index (κ1) is 30.3. The van der Waals surface area contributed by atoms with E-state index in [0.29, 0.717) is 30.4 Å². The quantitative estimate of drug-likeness (QED) is 0.134. The van der Waals surface area contributed by atoms with Gasteiger partial charge in [-0.2, -0.15) is 0 Å². The summed E-state index contributed by atoms with van der Waals surface area (Å²) in [5.41, 5.74) is 3.01. The van der Waals surface area contributed by atoms with E-state index in [9.17, 15) is 4.79 Å². The average Bonchev–Trinajstić information content (AvgIpc) is 2.96. The molecule has 1 amide bonds. The number of nitrogens with zero attached hydrogens (tertiary/aromatic N) is 2. The Morgan fingerprint density at radius 1 is 0.927 bits per heavy atom. The molecule has 1 heterocycles. The number of hydrogen-bond donors (Lipinski definition) is 2. The molecule has 0 spiro atoms. The predicted molar refractivity (Wildman–Crippen MR) is 169 cm³/mol. The number of aryl methyl sites for hydroxylation is 1. The van der Waals surface area contributed by atoms with Crippen molar-refractivity contribution in [3.63, 3.8) is 0 Å². The fourth-order valence-electron chi connectivity index (χ4n) is 4.71. The smallest absolute Gasteiger partial charge is 0.224 e. The molecule has 0 aliphatic heterocycles. The number of halogens is 1. The van der Waals surface area contributed by atoms with Crippen LogP contribution in [0.4, 0.5) is 5.82 Å². The van der Waals surface area contributed by atoms with Crippen LogP contribution in [0.15, 0.2) is 71.2 Å². The van der Waals surface area contributed by atoms with Crippen molar-refractivity contribution in [1.29, 1.82) is 0 Å². The molecule has 4 aromatic rings. The van der Waals surface area contributed by atoms with Crippen LogP contribution in [-0.4, -0.2) is 36.1 Å².